The normalized spacial score (nSPS) is 33.5. The molecule has 1 N–H and O–H groups in total. The van der Waals surface area contributed by atoms with Gasteiger partial charge in [0.05, 0.1) is 11.8 Å². The molecule has 3 rings (SSSR count). The van der Waals surface area contributed by atoms with Gasteiger partial charge in [0.1, 0.15) is 5.60 Å². The van der Waals surface area contributed by atoms with Crippen LogP contribution < -0.4 is 0 Å². The van der Waals surface area contributed by atoms with Gasteiger partial charge in [-0.05, 0) is 32.6 Å². The van der Waals surface area contributed by atoms with E-state index in [0.717, 1.165) is 12.8 Å². The monoisotopic (exact) mass is 278 g/mol. The summed E-state index contributed by atoms with van der Waals surface area (Å²) in [5, 5.41) is 13.3. The highest BCUT2D eigenvalue weighted by Gasteiger charge is 2.39. The Balaban J connectivity index is 1.85. The summed E-state index contributed by atoms with van der Waals surface area (Å²) in [5.74, 6) is -0.617. The fraction of sp³-hybridized carbons (Fsp3) is 0.643. The maximum absolute atomic E-state index is 11.3. The van der Waals surface area contributed by atoms with Crippen LogP contribution in [-0.4, -0.2) is 27.8 Å². The Bertz CT molecular complexity index is 531. The van der Waals surface area contributed by atoms with Crippen LogP contribution in [0.25, 0.3) is 0 Å². The van der Waals surface area contributed by atoms with Gasteiger partial charge in [-0.2, -0.15) is 4.98 Å². The molecule has 1 aromatic heterocycles. The van der Waals surface area contributed by atoms with Crippen molar-refractivity contribution in [1.82, 2.24) is 10.1 Å². The molecule has 20 heavy (non-hydrogen) atoms. The van der Waals surface area contributed by atoms with E-state index in [9.17, 15) is 9.90 Å². The Morgan fingerprint density at radius 2 is 2.25 bits per heavy atom. The largest absolute Gasteiger partial charge is 0.481 e. The van der Waals surface area contributed by atoms with Gasteiger partial charge in [-0.3, -0.25) is 4.79 Å². The maximum Gasteiger partial charge on any atom is 0.307 e. The Morgan fingerprint density at radius 1 is 1.45 bits per heavy atom. The first-order chi connectivity index (χ1) is 9.60. The fourth-order valence-corrected chi connectivity index (χ4v) is 2.92. The summed E-state index contributed by atoms with van der Waals surface area (Å²) >= 11 is 0. The summed E-state index contributed by atoms with van der Waals surface area (Å²) in [6.07, 6.45) is 6.83. The number of carboxylic acid groups (broad SMARTS) is 1. The second-order valence-corrected chi connectivity index (χ2v) is 5.63. The summed E-state index contributed by atoms with van der Waals surface area (Å²) in [6.45, 7) is 2.65. The van der Waals surface area contributed by atoms with Crippen molar-refractivity contribution in [3.63, 3.8) is 0 Å². The standard InChI is InChI=1S/C14H18N2O4/c1-14(7-4-8-19-14)13-15-11(20-16-13)9-5-2-3-6-10(9)12(17)18/h2-3,9-10H,4-8H2,1H3,(H,17,18). The fourth-order valence-electron chi connectivity index (χ4n) is 2.92. The van der Waals surface area contributed by atoms with Gasteiger partial charge < -0.3 is 14.4 Å². The number of carbonyl (C=O) groups is 1. The molecule has 3 unspecified atom stereocenters. The second kappa shape index (κ2) is 5.01. The molecule has 0 bridgehead atoms. The second-order valence-electron chi connectivity index (χ2n) is 5.63. The zero-order valence-electron chi connectivity index (χ0n) is 11.4. The van der Waals surface area contributed by atoms with Crippen molar-refractivity contribution in [1.29, 1.82) is 0 Å². The van der Waals surface area contributed by atoms with Crippen molar-refractivity contribution < 1.29 is 19.2 Å². The van der Waals surface area contributed by atoms with E-state index in [4.69, 9.17) is 9.26 Å². The van der Waals surface area contributed by atoms with Crippen LogP contribution in [0.15, 0.2) is 16.7 Å². The smallest absolute Gasteiger partial charge is 0.307 e. The van der Waals surface area contributed by atoms with E-state index < -0.39 is 17.5 Å². The molecule has 0 spiro atoms. The highest BCUT2D eigenvalue weighted by molar-refractivity contribution is 5.71. The molecule has 1 aromatic rings. The molecule has 3 atom stereocenters. The molecule has 1 saturated heterocycles. The van der Waals surface area contributed by atoms with Crippen molar-refractivity contribution in [2.75, 3.05) is 6.61 Å². The molecule has 0 aromatic carbocycles. The molecule has 1 aliphatic carbocycles. The molecule has 6 nitrogen and oxygen atoms in total. The lowest BCUT2D eigenvalue weighted by Crippen LogP contribution is -2.25. The SMILES string of the molecule is CC1(c2noc(C3CC=CCC3C(=O)O)n2)CCCO1. The van der Waals surface area contributed by atoms with Crippen molar-refractivity contribution in [2.24, 2.45) is 5.92 Å². The lowest BCUT2D eigenvalue weighted by Gasteiger charge is -2.21. The number of nitrogens with zero attached hydrogens (tertiary/aromatic N) is 2. The number of aromatic nitrogens is 2. The lowest BCUT2D eigenvalue weighted by atomic mass is 9.83. The van der Waals surface area contributed by atoms with Gasteiger partial charge in [0, 0.05) is 6.61 Å². The lowest BCUT2D eigenvalue weighted by molar-refractivity contribution is -0.142. The summed E-state index contributed by atoms with van der Waals surface area (Å²) in [7, 11) is 0. The van der Waals surface area contributed by atoms with E-state index in [2.05, 4.69) is 10.1 Å². The quantitative estimate of drug-likeness (QED) is 0.853. The van der Waals surface area contributed by atoms with E-state index in [1.807, 2.05) is 19.1 Å². The van der Waals surface area contributed by atoms with Crippen LogP contribution >= 0.6 is 0 Å². The van der Waals surface area contributed by atoms with E-state index >= 15 is 0 Å². The van der Waals surface area contributed by atoms with Gasteiger partial charge in [-0.15, -0.1) is 0 Å². The van der Waals surface area contributed by atoms with Crippen LogP contribution in [0.4, 0.5) is 0 Å². The highest BCUT2D eigenvalue weighted by atomic mass is 16.5. The topological polar surface area (TPSA) is 85.5 Å². The third-order valence-electron chi connectivity index (χ3n) is 4.20. The predicted molar refractivity (Wildman–Crippen MR) is 69.1 cm³/mol. The molecule has 2 heterocycles. The number of hydrogen-bond acceptors (Lipinski definition) is 5. The predicted octanol–water partition coefficient (Wildman–Crippen LogP) is 2.23. The van der Waals surface area contributed by atoms with E-state index in [-0.39, 0.29) is 5.92 Å². The molecule has 2 aliphatic rings. The average Bonchev–Trinajstić information content (AvgIpc) is 3.08. The van der Waals surface area contributed by atoms with Crippen LogP contribution in [0, 0.1) is 5.92 Å². The number of hydrogen-bond donors (Lipinski definition) is 1. The van der Waals surface area contributed by atoms with E-state index in [1.54, 1.807) is 0 Å². The number of rotatable bonds is 3. The molecule has 108 valence electrons. The van der Waals surface area contributed by atoms with Crippen LogP contribution in [0.1, 0.15) is 50.2 Å². The van der Waals surface area contributed by atoms with Crippen molar-refractivity contribution in [2.45, 2.75) is 44.1 Å². The number of allylic oxidation sites excluding steroid dienone is 2. The third-order valence-corrected chi connectivity index (χ3v) is 4.20. The van der Waals surface area contributed by atoms with Crippen LogP contribution in [0.2, 0.25) is 0 Å². The molecule has 0 amide bonds. The molecule has 6 heteroatoms. The first kappa shape index (κ1) is 13.3. The number of ether oxygens (including phenoxy) is 1. The zero-order chi connectivity index (χ0) is 14.2. The van der Waals surface area contributed by atoms with Gasteiger partial charge in [0.15, 0.2) is 0 Å². The first-order valence-electron chi connectivity index (χ1n) is 6.96. The Hall–Kier alpha value is -1.69. The molecular weight excluding hydrogens is 260 g/mol. The third kappa shape index (κ3) is 2.24. The van der Waals surface area contributed by atoms with Crippen LogP contribution in [0.5, 0.6) is 0 Å². The first-order valence-corrected chi connectivity index (χ1v) is 6.96. The Labute approximate surface area is 116 Å². The minimum atomic E-state index is -0.817. The summed E-state index contributed by atoms with van der Waals surface area (Å²) in [5.41, 5.74) is -0.495. The molecule has 0 saturated carbocycles. The molecule has 1 fully saturated rings. The minimum absolute atomic E-state index is 0.247. The zero-order valence-corrected chi connectivity index (χ0v) is 11.4. The average molecular weight is 278 g/mol. The molecule has 0 radical (unpaired) electrons. The summed E-state index contributed by atoms with van der Waals surface area (Å²) in [4.78, 5) is 15.7. The Morgan fingerprint density at radius 3 is 2.95 bits per heavy atom. The number of aliphatic carboxylic acids is 1. The number of carboxylic acids is 1. The van der Waals surface area contributed by atoms with Gasteiger partial charge in [0.25, 0.3) is 0 Å². The van der Waals surface area contributed by atoms with Crippen LogP contribution in [-0.2, 0) is 15.1 Å². The van der Waals surface area contributed by atoms with Crippen molar-refractivity contribution in [3.05, 3.63) is 23.9 Å². The Kier molecular flexibility index (Phi) is 3.33. The molecule has 1 aliphatic heterocycles. The van der Waals surface area contributed by atoms with Gasteiger partial charge >= 0.3 is 5.97 Å². The van der Waals surface area contributed by atoms with Crippen molar-refractivity contribution >= 4 is 5.97 Å². The van der Waals surface area contributed by atoms with Gasteiger partial charge in [-0.25, -0.2) is 0 Å². The maximum atomic E-state index is 11.3. The minimum Gasteiger partial charge on any atom is -0.481 e. The molecular formula is C14H18N2O4. The van der Waals surface area contributed by atoms with Crippen molar-refractivity contribution in [3.8, 4) is 0 Å². The summed E-state index contributed by atoms with van der Waals surface area (Å²) < 4.78 is 11.0. The summed E-state index contributed by atoms with van der Waals surface area (Å²) in [6, 6.07) is 0. The van der Waals surface area contributed by atoms with Gasteiger partial charge in [-0.1, -0.05) is 17.3 Å². The van der Waals surface area contributed by atoms with Gasteiger partial charge in [0.2, 0.25) is 11.7 Å². The van der Waals surface area contributed by atoms with E-state index in [1.165, 1.54) is 0 Å². The highest BCUT2D eigenvalue weighted by Crippen LogP contribution is 2.37. The van der Waals surface area contributed by atoms with E-state index in [0.29, 0.717) is 31.2 Å². The van der Waals surface area contributed by atoms with Crippen LogP contribution in [0.3, 0.4) is 0 Å².